The lowest BCUT2D eigenvalue weighted by Gasteiger charge is -2.28. The van der Waals surface area contributed by atoms with Crippen molar-refractivity contribution in [3.05, 3.63) is 29.6 Å². The maximum absolute atomic E-state index is 4.80. The molecule has 3 heterocycles. The van der Waals surface area contributed by atoms with E-state index in [2.05, 4.69) is 35.4 Å². The molecule has 0 spiro atoms. The lowest BCUT2D eigenvalue weighted by atomic mass is 9.89. The van der Waals surface area contributed by atoms with E-state index in [0.29, 0.717) is 0 Å². The van der Waals surface area contributed by atoms with Gasteiger partial charge in [-0.05, 0) is 50.2 Å². The van der Waals surface area contributed by atoms with Crippen LogP contribution in [0.15, 0.2) is 18.2 Å². The van der Waals surface area contributed by atoms with Crippen LogP contribution in [-0.2, 0) is 6.42 Å². The number of aryl methyl sites for hydroxylation is 1. The van der Waals surface area contributed by atoms with Gasteiger partial charge in [-0.25, -0.2) is 4.98 Å². The van der Waals surface area contributed by atoms with Crippen LogP contribution in [0.3, 0.4) is 0 Å². The first kappa shape index (κ1) is 11.5. The number of para-hydroxylation sites is 1. The average Bonchev–Trinajstić information content (AvgIpc) is 2.94. The summed E-state index contributed by atoms with van der Waals surface area (Å²) in [5.41, 5.74) is 3.60. The summed E-state index contributed by atoms with van der Waals surface area (Å²) < 4.78 is 0. The van der Waals surface area contributed by atoms with Crippen molar-refractivity contribution in [2.45, 2.75) is 51.1 Å². The molecule has 2 aliphatic rings. The minimum absolute atomic E-state index is 0.773. The number of rotatable bonds is 2. The van der Waals surface area contributed by atoms with Crippen molar-refractivity contribution in [2.24, 2.45) is 5.92 Å². The largest absolute Gasteiger partial charge is 0.342 e. The summed E-state index contributed by atoms with van der Waals surface area (Å²) in [6.45, 7) is 2.14. The Morgan fingerprint density at radius 1 is 1.21 bits per heavy atom. The van der Waals surface area contributed by atoms with Crippen molar-refractivity contribution in [3.8, 4) is 0 Å². The summed E-state index contributed by atoms with van der Waals surface area (Å²) in [6.07, 6.45) is 6.52. The monoisotopic (exact) mass is 255 g/mol. The number of hydrogen-bond donors (Lipinski definition) is 2. The molecule has 3 heteroatoms. The van der Waals surface area contributed by atoms with Gasteiger partial charge in [0.15, 0.2) is 0 Å². The Morgan fingerprint density at radius 2 is 2.00 bits per heavy atom. The van der Waals surface area contributed by atoms with Crippen LogP contribution in [0.5, 0.6) is 0 Å². The highest BCUT2D eigenvalue weighted by molar-refractivity contribution is 5.78. The highest BCUT2D eigenvalue weighted by Gasteiger charge is 2.33. The van der Waals surface area contributed by atoms with Crippen LogP contribution in [0.25, 0.3) is 11.0 Å². The predicted octanol–water partition coefficient (Wildman–Crippen LogP) is 2.94. The zero-order chi connectivity index (χ0) is 12.8. The first-order valence-electron chi connectivity index (χ1n) is 7.48. The summed E-state index contributed by atoms with van der Waals surface area (Å²) in [5.74, 6) is 1.98. The van der Waals surface area contributed by atoms with Crippen LogP contribution >= 0.6 is 0 Å². The Hall–Kier alpha value is -1.35. The molecule has 0 radical (unpaired) electrons. The molecule has 1 aromatic heterocycles. The van der Waals surface area contributed by atoms with Gasteiger partial charge in [0.1, 0.15) is 5.82 Å². The Labute approximate surface area is 113 Å². The lowest BCUT2D eigenvalue weighted by Crippen LogP contribution is -2.38. The average molecular weight is 255 g/mol. The van der Waals surface area contributed by atoms with Gasteiger partial charge < -0.3 is 10.3 Å². The smallest absolute Gasteiger partial charge is 0.107 e. The molecule has 19 heavy (non-hydrogen) atoms. The first-order valence-corrected chi connectivity index (χ1v) is 7.48. The topological polar surface area (TPSA) is 40.7 Å². The molecule has 2 N–H and O–H groups in total. The fourth-order valence-corrected chi connectivity index (χ4v) is 3.94. The summed E-state index contributed by atoms with van der Waals surface area (Å²) in [6, 6.07) is 7.91. The number of H-pyrrole nitrogens is 1. The molecule has 2 fully saturated rings. The van der Waals surface area contributed by atoms with Crippen LogP contribution in [0.1, 0.15) is 37.1 Å². The van der Waals surface area contributed by atoms with E-state index >= 15 is 0 Å². The molecule has 4 rings (SSSR count). The Bertz CT molecular complexity index is 589. The molecular weight excluding hydrogens is 234 g/mol. The fourth-order valence-electron chi connectivity index (χ4n) is 3.94. The van der Waals surface area contributed by atoms with Crippen molar-refractivity contribution < 1.29 is 0 Å². The normalized spacial score (nSPS) is 30.1. The SMILES string of the molecule is Cc1cccc2[nH]c(C[C@H]3C[C@H]4CC[C@@H](C3)N4)nc12. The van der Waals surface area contributed by atoms with E-state index in [-0.39, 0.29) is 0 Å². The second-order valence-corrected chi connectivity index (χ2v) is 6.33. The molecule has 0 aliphatic carbocycles. The Kier molecular flexibility index (Phi) is 2.62. The number of aromatic amines is 1. The van der Waals surface area contributed by atoms with Crippen molar-refractivity contribution >= 4 is 11.0 Å². The minimum atomic E-state index is 0.773. The highest BCUT2D eigenvalue weighted by atomic mass is 15.0. The first-order chi connectivity index (χ1) is 9.28. The number of benzene rings is 1. The molecule has 2 aliphatic heterocycles. The van der Waals surface area contributed by atoms with Gasteiger partial charge >= 0.3 is 0 Å². The molecule has 3 nitrogen and oxygen atoms in total. The molecule has 100 valence electrons. The maximum Gasteiger partial charge on any atom is 0.107 e. The quantitative estimate of drug-likeness (QED) is 0.866. The summed E-state index contributed by atoms with van der Waals surface area (Å²) in [4.78, 5) is 8.30. The Balaban J connectivity index is 1.56. The van der Waals surface area contributed by atoms with Crippen LogP contribution in [0, 0.1) is 12.8 Å². The number of fused-ring (bicyclic) bond motifs is 3. The molecule has 2 aromatic rings. The number of hydrogen-bond acceptors (Lipinski definition) is 2. The van der Waals surface area contributed by atoms with E-state index in [0.717, 1.165) is 29.9 Å². The van der Waals surface area contributed by atoms with E-state index in [9.17, 15) is 0 Å². The Morgan fingerprint density at radius 3 is 2.74 bits per heavy atom. The number of nitrogens with one attached hydrogen (secondary N) is 2. The second-order valence-electron chi connectivity index (χ2n) is 6.33. The lowest BCUT2D eigenvalue weighted by molar-refractivity contribution is 0.295. The van der Waals surface area contributed by atoms with E-state index < -0.39 is 0 Å². The molecule has 0 saturated carbocycles. The molecule has 2 bridgehead atoms. The molecule has 3 atom stereocenters. The fraction of sp³-hybridized carbons (Fsp3) is 0.562. The maximum atomic E-state index is 4.80. The highest BCUT2D eigenvalue weighted by Crippen LogP contribution is 2.32. The van der Waals surface area contributed by atoms with Crippen LogP contribution in [-0.4, -0.2) is 22.1 Å². The van der Waals surface area contributed by atoms with E-state index in [1.807, 2.05) is 0 Å². The van der Waals surface area contributed by atoms with Gasteiger partial charge in [-0.2, -0.15) is 0 Å². The van der Waals surface area contributed by atoms with Crippen LogP contribution in [0.2, 0.25) is 0 Å². The number of aromatic nitrogens is 2. The molecule has 0 amide bonds. The van der Waals surface area contributed by atoms with Gasteiger partial charge in [-0.15, -0.1) is 0 Å². The van der Waals surface area contributed by atoms with Crippen molar-refractivity contribution in [1.82, 2.24) is 15.3 Å². The third kappa shape index (κ3) is 2.06. The summed E-state index contributed by atoms with van der Waals surface area (Å²) >= 11 is 0. The zero-order valence-corrected chi connectivity index (χ0v) is 11.4. The third-order valence-corrected chi connectivity index (χ3v) is 4.82. The van der Waals surface area contributed by atoms with Gasteiger partial charge in [-0.3, -0.25) is 0 Å². The number of nitrogens with zero attached hydrogens (tertiary/aromatic N) is 1. The van der Waals surface area contributed by atoms with E-state index in [1.54, 1.807) is 0 Å². The van der Waals surface area contributed by atoms with Crippen molar-refractivity contribution in [1.29, 1.82) is 0 Å². The molecule has 0 unspecified atom stereocenters. The van der Waals surface area contributed by atoms with Crippen LogP contribution in [0.4, 0.5) is 0 Å². The van der Waals surface area contributed by atoms with Crippen LogP contribution < -0.4 is 5.32 Å². The molecule has 2 saturated heterocycles. The zero-order valence-electron chi connectivity index (χ0n) is 11.4. The minimum Gasteiger partial charge on any atom is -0.342 e. The molecular formula is C16H21N3. The second kappa shape index (κ2) is 4.34. The van der Waals surface area contributed by atoms with Gasteiger partial charge in [0.05, 0.1) is 11.0 Å². The number of piperidine rings is 1. The summed E-state index contributed by atoms with van der Waals surface area (Å²) in [5, 5.41) is 3.71. The van der Waals surface area contributed by atoms with Crippen molar-refractivity contribution in [2.75, 3.05) is 0 Å². The third-order valence-electron chi connectivity index (χ3n) is 4.82. The predicted molar refractivity (Wildman–Crippen MR) is 77.2 cm³/mol. The van der Waals surface area contributed by atoms with Gasteiger partial charge in [0.25, 0.3) is 0 Å². The van der Waals surface area contributed by atoms with Gasteiger partial charge in [0, 0.05) is 18.5 Å². The summed E-state index contributed by atoms with van der Waals surface area (Å²) in [7, 11) is 0. The standard InChI is InChI=1S/C16H21N3/c1-10-3-2-4-14-16(10)19-15(18-14)9-11-7-12-5-6-13(8-11)17-12/h2-4,11-13,17H,5-9H2,1H3,(H,18,19)/t11-,12+,13-. The van der Waals surface area contributed by atoms with Crippen molar-refractivity contribution in [3.63, 3.8) is 0 Å². The van der Waals surface area contributed by atoms with E-state index in [1.165, 1.54) is 42.6 Å². The molecule has 1 aromatic carbocycles. The number of imidazole rings is 1. The van der Waals surface area contributed by atoms with E-state index in [4.69, 9.17) is 4.98 Å². The van der Waals surface area contributed by atoms with Gasteiger partial charge in [-0.1, -0.05) is 12.1 Å². The van der Waals surface area contributed by atoms with Gasteiger partial charge in [0.2, 0.25) is 0 Å².